The molecule has 1 aromatic carbocycles. The van der Waals surface area contributed by atoms with Gasteiger partial charge in [0.15, 0.2) is 5.78 Å². The van der Waals surface area contributed by atoms with Gasteiger partial charge in [-0.15, -0.1) is 0 Å². The van der Waals surface area contributed by atoms with E-state index in [0.717, 1.165) is 21.1 Å². The molecule has 3 heteroatoms. The van der Waals surface area contributed by atoms with Crippen molar-refractivity contribution in [3.8, 4) is 0 Å². The van der Waals surface area contributed by atoms with E-state index >= 15 is 0 Å². The fraction of sp³-hybridized carbons (Fsp3) is 0.0769. The van der Waals surface area contributed by atoms with Gasteiger partial charge in [0.1, 0.15) is 0 Å². The van der Waals surface area contributed by atoms with Crippen molar-refractivity contribution in [2.24, 2.45) is 4.99 Å². The fourth-order valence-electron chi connectivity index (χ4n) is 1.74. The van der Waals surface area contributed by atoms with Gasteiger partial charge >= 0.3 is 0 Å². The minimum Gasteiger partial charge on any atom is -0.294 e. The summed E-state index contributed by atoms with van der Waals surface area (Å²) in [5, 5.41) is 0. The third-order valence-electron chi connectivity index (χ3n) is 2.56. The molecule has 0 spiro atoms. The summed E-state index contributed by atoms with van der Waals surface area (Å²) in [4.78, 5) is 18.2. The molecule has 3 rings (SSSR count). The third kappa shape index (κ3) is 1.53. The van der Waals surface area contributed by atoms with Crippen LogP contribution in [0, 0.1) is 0 Å². The zero-order valence-corrected chi connectivity index (χ0v) is 9.33. The number of fused-ring (bicyclic) bond motifs is 1. The maximum atomic E-state index is 11.7. The van der Waals surface area contributed by atoms with Crippen LogP contribution in [0.15, 0.2) is 56.8 Å². The number of carbonyl (C=O) groups is 1. The van der Waals surface area contributed by atoms with E-state index in [2.05, 4.69) is 4.99 Å². The van der Waals surface area contributed by atoms with Crippen LogP contribution < -0.4 is 0 Å². The number of aliphatic imine (C=N–C) groups is 1. The lowest BCUT2D eigenvalue weighted by Crippen LogP contribution is -2.07. The van der Waals surface area contributed by atoms with Crippen LogP contribution in [0.3, 0.4) is 0 Å². The molecule has 0 atom stereocenters. The normalized spacial score (nSPS) is 18.1. The number of para-hydroxylation sites is 1. The first kappa shape index (κ1) is 9.60. The lowest BCUT2D eigenvalue weighted by atomic mass is 10.0. The Morgan fingerprint density at radius 1 is 1.25 bits per heavy atom. The smallest absolute Gasteiger partial charge is 0.169 e. The summed E-state index contributed by atoms with van der Waals surface area (Å²) < 4.78 is 0. The summed E-state index contributed by atoms with van der Waals surface area (Å²) in [6.07, 6.45) is 6.10. The van der Waals surface area contributed by atoms with Crippen molar-refractivity contribution < 1.29 is 4.79 Å². The first-order valence-electron chi connectivity index (χ1n) is 5.09. The summed E-state index contributed by atoms with van der Waals surface area (Å²) in [5.41, 5.74) is 1.67. The van der Waals surface area contributed by atoms with Gasteiger partial charge in [-0.1, -0.05) is 36.0 Å². The van der Waals surface area contributed by atoms with Crippen LogP contribution in [0.1, 0.15) is 6.42 Å². The van der Waals surface area contributed by atoms with E-state index < -0.39 is 0 Å². The van der Waals surface area contributed by atoms with Crippen LogP contribution in [0.25, 0.3) is 0 Å². The first-order valence-corrected chi connectivity index (χ1v) is 5.91. The molecule has 0 saturated carbocycles. The van der Waals surface area contributed by atoms with Gasteiger partial charge in [0.25, 0.3) is 0 Å². The number of allylic oxidation sites excluding steroid dienone is 3. The number of benzene rings is 1. The fourth-order valence-corrected chi connectivity index (χ4v) is 2.79. The minimum atomic E-state index is 0.154. The van der Waals surface area contributed by atoms with Gasteiger partial charge in [0, 0.05) is 22.4 Å². The molecule has 0 N–H and O–H groups in total. The zero-order chi connectivity index (χ0) is 11.0. The maximum absolute atomic E-state index is 11.7. The Hall–Kier alpha value is -1.61. The molecule has 16 heavy (non-hydrogen) atoms. The van der Waals surface area contributed by atoms with E-state index in [-0.39, 0.29) is 5.78 Å². The number of nitrogens with zero attached hydrogens (tertiary/aromatic N) is 1. The number of hydrogen-bond donors (Lipinski definition) is 0. The second-order valence-corrected chi connectivity index (χ2v) is 4.72. The zero-order valence-electron chi connectivity index (χ0n) is 8.51. The molecule has 78 valence electrons. The van der Waals surface area contributed by atoms with Gasteiger partial charge in [-0.2, -0.15) is 0 Å². The molecular weight excluding hydrogens is 218 g/mol. The van der Waals surface area contributed by atoms with Gasteiger partial charge < -0.3 is 0 Å². The molecule has 0 unspecified atom stereocenters. The SMILES string of the molecule is O=C1CC=CC2=C1C=Nc1ccccc1S2. The summed E-state index contributed by atoms with van der Waals surface area (Å²) >= 11 is 1.61. The lowest BCUT2D eigenvalue weighted by molar-refractivity contribution is -0.114. The van der Waals surface area contributed by atoms with Crippen LogP contribution in [0.5, 0.6) is 0 Å². The number of thioether (sulfide) groups is 1. The topological polar surface area (TPSA) is 29.4 Å². The Balaban J connectivity index is 2.13. The number of Topliss-reactive ketones (excluding diaryl/α,β-unsaturated/α-hetero) is 1. The van der Waals surface area contributed by atoms with Crippen molar-refractivity contribution in [1.82, 2.24) is 0 Å². The van der Waals surface area contributed by atoms with E-state index in [9.17, 15) is 4.79 Å². The molecular formula is C13H9NOS. The maximum Gasteiger partial charge on any atom is 0.169 e. The highest BCUT2D eigenvalue weighted by Gasteiger charge is 2.19. The van der Waals surface area contributed by atoms with Gasteiger partial charge in [-0.25, -0.2) is 0 Å². The predicted molar refractivity (Wildman–Crippen MR) is 66.2 cm³/mol. The Morgan fingerprint density at radius 2 is 2.12 bits per heavy atom. The van der Waals surface area contributed by atoms with Crippen molar-refractivity contribution in [1.29, 1.82) is 0 Å². The predicted octanol–water partition coefficient (Wildman–Crippen LogP) is 3.28. The summed E-state index contributed by atoms with van der Waals surface area (Å²) in [5.74, 6) is 0.154. The van der Waals surface area contributed by atoms with Gasteiger partial charge in [-0.3, -0.25) is 9.79 Å². The molecule has 1 aliphatic heterocycles. The molecule has 0 radical (unpaired) electrons. The Labute approximate surface area is 97.8 Å². The largest absolute Gasteiger partial charge is 0.294 e. The Kier molecular flexibility index (Phi) is 2.26. The van der Waals surface area contributed by atoms with Gasteiger partial charge in [0.05, 0.1) is 11.3 Å². The van der Waals surface area contributed by atoms with Crippen molar-refractivity contribution in [3.05, 3.63) is 46.9 Å². The van der Waals surface area contributed by atoms with Crippen molar-refractivity contribution in [2.75, 3.05) is 0 Å². The van der Waals surface area contributed by atoms with Crippen LogP contribution in [0.4, 0.5) is 5.69 Å². The molecule has 0 bridgehead atoms. The molecule has 0 saturated heterocycles. The van der Waals surface area contributed by atoms with Gasteiger partial charge in [0.2, 0.25) is 0 Å². The highest BCUT2D eigenvalue weighted by molar-refractivity contribution is 8.03. The average molecular weight is 227 g/mol. The molecule has 0 amide bonds. The third-order valence-corrected chi connectivity index (χ3v) is 3.70. The van der Waals surface area contributed by atoms with E-state index in [1.165, 1.54) is 0 Å². The monoisotopic (exact) mass is 227 g/mol. The average Bonchev–Trinajstić information content (AvgIpc) is 2.48. The van der Waals surface area contributed by atoms with Crippen LogP contribution >= 0.6 is 11.8 Å². The van der Waals surface area contributed by atoms with E-state index in [4.69, 9.17) is 0 Å². The Bertz CT molecular complexity index is 555. The molecule has 0 aromatic heterocycles. The van der Waals surface area contributed by atoms with Crippen molar-refractivity contribution in [3.63, 3.8) is 0 Å². The second kappa shape index (κ2) is 3.76. The van der Waals surface area contributed by atoms with Crippen LogP contribution in [-0.4, -0.2) is 12.0 Å². The van der Waals surface area contributed by atoms with E-state index in [0.29, 0.717) is 6.42 Å². The summed E-state index contributed by atoms with van der Waals surface area (Å²) in [6, 6.07) is 7.94. The molecule has 1 heterocycles. The van der Waals surface area contributed by atoms with Gasteiger partial charge in [-0.05, 0) is 12.1 Å². The molecule has 1 aromatic rings. The minimum absolute atomic E-state index is 0.154. The molecule has 1 aliphatic carbocycles. The first-order chi connectivity index (χ1) is 7.84. The van der Waals surface area contributed by atoms with Crippen LogP contribution in [0.2, 0.25) is 0 Å². The second-order valence-electron chi connectivity index (χ2n) is 3.64. The van der Waals surface area contributed by atoms with Crippen molar-refractivity contribution in [2.45, 2.75) is 11.3 Å². The van der Waals surface area contributed by atoms with Crippen molar-refractivity contribution >= 4 is 29.4 Å². The van der Waals surface area contributed by atoms with E-state index in [1.807, 2.05) is 36.4 Å². The highest BCUT2D eigenvalue weighted by Crippen LogP contribution is 2.39. The lowest BCUT2D eigenvalue weighted by Gasteiger charge is -2.09. The molecule has 2 aliphatic rings. The number of hydrogen-bond acceptors (Lipinski definition) is 3. The standard InChI is InChI=1S/C13H9NOS/c15-11-5-3-7-12-9(11)8-14-10-4-1-2-6-13(10)16-12/h1-4,6-8H,5H2. The highest BCUT2D eigenvalue weighted by atomic mass is 32.2. The number of carbonyl (C=O) groups excluding carboxylic acids is 1. The summed E-state index contributed by atoms with van der Waals surface area (Å²) in [7, 11) is 0. The molecule has 0 fully saturated rings. The summed E-state index contributed by atoms with van der Waals surface area (Å²) in [6.45, 7) is 0. The number of rotatable bonds is 0. The Morgan fingerprint density at radius 3 is 3.06 bits per heavy atom. The quantitative estimate of drug-likeness (QED) is 0.680. The van der Waals surface area contributed by atoms with E-state index in [1.54, 1.807) is 18.0 Å². The molecule has 2 nitrogen and oxygen atoms in total. The number of ketones is 1. The van der Waals surface area contributed by atoms with Crippen LogP contribution in [-0.2, 0) is 4.79 Å².